The van der Waals surface area contributed by atoms with Gasteiger partial charge in [0.05, 0.1) is 12.0 Å². The first-order valence-electron chi connectivity index (χ1n) is 8.01. The average Bonchev–Trinajstić information content (AvgIpc) is 2.54. The van der Waals surface area contributed by atoms with Gasteiger partial charge >= 0.3 is 5.97 Å². The van der Waals surface area contributed by atoms with Crippen LogP contribution in [0.25, 0.3) is 6.08 Å². The Labute approximate surface area is 135 Å². The minimum atomic E-state index is -1.01. The highest BCUT2D eigenvalue weighted by Crippen LogP contribution is 2.39. The zero-order chi connectivity index (χ0) is 16.4. The van der Waals surface area contributed by atoms with Crippen LogP contribution in [-0.2, 0) is 4.79 Å². The molecular formula is C18H21NO4. The summed E-state index contributed by atoms with van der Waals surface area (Å²) in [5, 5.41) is 8.69. The maximum absolute atomic E-state index is 12.6. The van der Waals surface area contributed by atoms with E-state index in [2.05, 4.69) is 11.8 Å². The first kappa shape index (κ1) is 15.7. The summed E-state index contributed by atoms with van der Waals surface area (Å²) in [4.78, 5) is 25.5. The summed E-state index contributed by atoms with van der Waals surface area (Å²) >= 11 is 0. The molecule has 1 spiro atoms. The molecular weight excluding hydrogens is 294 g/mol. The molecule has 2 aliphatic heterocycles. The van der Waals surface area contributed by atoms with Crippen LogP contribution in [0.2, 0.25) is 0 Å². The van der Waals surface area contributed by atoms with E-state index in [1.807, 2.05) is 0 Å². The number of hydrogen-bond acceptors (Lipinski definition) is 4. The van der Waals surface area contributed by atoms with Crippen LogP contribution in [0, 0.1) is 0 Å². The molecule has 0 amide bonds. The van der Waals surface area contributed by atoms with Gasteiger partial charge in [-0.1, -0.05) is 13.0 Å². The van der Waals surface area contributed by atoms with E-state index in [4.69, 9.17) is 9.84 Å². The van der Waals surface area contributed by atoms with Crippen LogP contribution < -0.4 is 4.74 Å². The van der Waals surface area contributed by atoms with E-state index < -0.39 is 5.97 Å². The lowest BCUT2D eigenvalue weighted by Crippen LogP contribution is -2.50. The molecule has 0 saturated carbocycles. The molecule has 1 fully saturated rings. The first-order valence-corrected chi connectivity index (χ1v) is 8.01. The summed E-state index contributed by atoms with van der Waals surface area (Å²) in [6.45, 7) is 5.09. The fourth-order valence-electron chi connectivity index (χ4n) is 3.34. The normalized spacial score (nSPS) is 20.5. The van der Waals surface area contributed by atoms with E-state index in [0.29, 0.717) is 23.3 Å². The van der Waals surface area contributed by atoms with Crippen molar-refractivity contribution in [2.45, 2.75) is 31.8 Å². The molecule has 0 atom stereocenters. The van der Waals surface area contributed by atoms with Crippen molar-refractivity contribution in [3.05, 3.63) is 35.4 Å². The van der Waals surface area contributed by atoms with Crippen LogP contribution in [0.15, 0.2) is 24.3 Å². The van der Waals surface area contributed by atoms with E-state index in [-0.39, 0.29) is 11.4 Å². The number of ketones is 1. The average molecular weight is 315 g/mol. The monoisotopic (exact) mass is 315 g/mol. The van der Waals surface area contributed by atoms with Crippen LogP contribution in [0.4, 0.5) is 0 Å². The van der Waals surface area contributed by atoms with Crippen LogP contribution in [0.5, 0.6) is 5.75 Å². The number of ether oxygens (including phenoxy) is 1. The number of carbonyl (C=O) groups excluding carboxylic acids is 1. The Balaban J connectivity index is 1.82. The van der Waals surface area contributed by atoms with Gasteiger partial charge in [0.2, 0.25) is 0 Å². The molecule has 0 unspecified atom stereocenters. The third kappa shape index (κ3) is 3.29. The van der Waals surface area contributed by atoms with E-state index in [1.54, 1.807) is 18.2 Å². The summed E-state index contributed by atoms with van der Waals surface area (Å²) in [5.41, 5.74) is 0.884. The smallest absolute Gasteiger partial charge is 0.328 e. The number of aliphatic carboxylic acids is 1. The van der Waals surface area contributed by atoms with Crippen molar-refractivity contribution in [3.63, 3.8) is 0 Å². The van der Waals surface area contributed by atoms with Gasteiger partial charge < -0.3 is 14.7 Å². The molecule has 0 bridgehead atoms. The van der Waals surface area contributed by atoms with Crippen molar-refractivity contribution in [1.82, 2.24) is 4.90 Å². The van der Waals surface area contributed by atoms with Crippen LogP contribution in [-0.4, -0.2) is 47.0 Å². The summed E-state index contributed by atoms with van der Waals surface area (Å²) in [5.74, 6) is -0.299. The number of benzene rings is 1. The third-order valence-corrected chi connectivity index (χ3v) is 4.75. The standard InChI is InChI=1S/C18H21NO4/c1-2-19-9-7-18(8-10-19)12-15(20)14-11-13(4-6-17(21)22)3-5-16(14)23-18/h3-6,11H,2,7-10,12H2,1H3,(H,21,22)/b6-4+. The second-order valence-electron chi connectivity index (χ2n) is 6.25. The number of carboxylic acid groups (broad SMARTS) is 1. The summed E-state index contributed by atoms with van der Waals surface area (Å²) in [7, 11) is 0. The SMILES string of the molecule is CCN1CCC2(CC1)CC(=O)c1cc(/C=C/C(=O)O)ccc1O2. The number of carboxylic acids is 1. The Hall–Kier alpha value is -2.14. The number of nitrogens with zero attached hydrogens (tertiary/aromatic N) is 1. The summed E-state index contributed by atoms with van der Waals surface area (Å²) in [6, 6.07) is 5.28. The van der Waals surface area contributed by atoms with Gasteiger partial charge in [-0.3, -0.25) is 4.79 Å². The van der Waals surface area contributed by atoms with Crippen molar-refractivity contribution >= 4 is 17.8 Å². The highest BCUT2D eigenvalue weighted by atomic mass is 16.5. The van der Waals surface area contributed by atoms with E-state index in [0.717, 1.165) is 38.6 Å². The van der Waals surface area contributed by atoms with Crippen molar-refractivity contribution < 1.29 is 19.4 Å². The third-order valence-electron chi connectivity index (χ3n) is 4.75. The molecule has 3 rings (SSSR count). The topological polar surface area (TPSA) is 66.8 Å². The number of carbonyl (C=O) groups is 2. The van der Waals surface area contributed by atoms with Gasteiger partial charge in [-0.2, -0.15) is 0 Å². The molecule has 1 aromatic carbocycles. The summed E-state index contributed by atoms with van der Waals surface area (Å²) in [6.07, 6.45) is 4.70. The second kappa shape index (κ2) is 6.16. The Morgan fingerprint density at radius 1 is 1.39 bits per heavy atom. The lowest BCUT2D eigenvalue weighted by Gasteiger charge is -2.43. The largest absolute Gasteiger partial charge is 0.486 e. The quantitative estimate of drug-likeness (QED) is 0.869. The van der Waals surface area contributed by atoms with Crippen LogP contribution >= 0.6 is 0 Å². The lowest BCUT2D eigenvalue weighted by atomic mass is 9.82. The lowest BCUT2D eigenvalue weighted by molar-refractivity contribution is -0.131. The van der Waals surface area contributed by atoms with Gasteiger partial charge in [0, 0.05) is 32.0 Å². The second-order valence-corrected chi connectivity index (χ2v) is 6.25. The van der Waals surface area contributed by atoms with E-state index in [9.17, 15) is 9.59 Å². The van der Waals surface area contributed by atoms with Crippen LogP contribution in [0.3, 0.4) is 0 Å². The predicted molar refractivity (Wildman–Crippen MR) is 86.8 cm³/mol. The van der Waals surface area contributed by atoms with Crippen molar-refractivity contribution in [2.24, 2.45) is 0 Å². The zero-order valence-electron chi connectivity index (χ0n) is 13.2. The Morgan fingerprint density at radius 2 is 2.13 bits per heavy atom. The van der Waals surface area contributed by atoms with Gasteiger partial charge in [0.25, 0.3) is 0 Å². The van der Waals surface area contributed by atoms with Gasteiger partial charge in [0.1, 0.15) is 11.4 Å². The van der Waals surface area contributed by atoms with E-state index >= 15 is 0 Å². The van der Waals surface area contributed by atoms with Crippen molar-refractivity contribution in [2.75, 3.05) is 19.6 Å². The van der Waals surface area contributed by atoms with Crippen LogP contribution in [0.1, 0.15) is 42.1 Å². The molecule has 0 aliphatic carbocycles. The molecule has 5 nitrogen and oxygen atoms in total. The maximum Gasteiger partial charge on any atom is 0.328 e. The highest BCUT2D eigenvalue weighted by Gasteiger charge is 2.42. The van der Waals surface area contributed by atoms with Gasteiger partial charge in [0.15, 0.2) is 5.78 Å². The molecule has 0 radical (unpaired) electrons. The molecule has 1 aromatic rings. The number of rotatable bonds is 3. The Bertz CT molecular complexity index is 657. The molecule has 5 heteroatoms. The summed E-state index contributed by atoms with van der Waals surface area (Å²) < 4.78 is 6.22. The minimum Gasteiger partial charge on any atom is -0.486 e. The molecule has 0 aromatic heterocycles. The molecule has 1 saturated heterocycles. The molecule has 2 heterocycles. The number of Topliss-reactive ketones (excluding diaryl/α,β-unsaturated/α-hetero) is 1. The number of fused-ring (bicyclic) bond motifs is 1. The minimum absolute atomic E-state index is 0.0850. The fraction of sp³-hybridized carbons (Fsp3) is 0.444. The van der Waals surface area contributed by atoms with Crippen molar-refractivity contribution in [3.8, 4) is 5.75 Å². The predicted octanol–water partition coefficient (Wildman–Crippen LogP) is 2.60. The Morgan fingerprint density at radius 3 is 2.78 bits per heavy atom. The zero-order valence-corrected chi connectivity index (χ0v) is 13.2. The fourth-order valence-corrected chi connectivity index (χ4v) is 3.34. The van der Waals surface area contributed by atoms with Crippen molar-refractivity contribution in [1.29, 1.82) is 0 Å². The van der Waals surface area contributed by atoms with E-state index in [1.165, 1.54) is 6.08 Å². The number of likely N-dealkylation sites (tertiary alicyclic amines) is 1. The number of hydrogen-bond donors (Lipinski definition) is 1. The van der Waals surface area contributed by atoms with Gasteiger partial charge in [-0.15, -0.1) is 0 Å². The van der Waals surface area contributed by atoms with Gasteiger partial charge in [-0.25, -0.2) is 4.79 Å². The number of piperidine rings is 1. The molecule has 2 aliphatic rings. The first-order chi connectivity index (χ1) is 11.0. The highest BCUT2D eigenvalue weighted by molar-refractivity contribution is 6.01. The molecule has 1 N–H and O–H groups in total. The Kier molecular flexibility index (Phi) is 4.22. The maximum atomic E-state index is 12.6. The molecule has 23 heavy (non-hydrogen) atoms. The molecule has 122 valence electrons. The van der Waals surface area contributed by atoms with Gasteiger partial charge in [-0.05, 0) is 30.3 Å².